The molecule has 0 aliphatic carbocycles. The standard InChI is InChI=1S/C18H15ClN4O/c1-11-10-13(4-7-15(11)19)17(24)22-14-5-2-12(3-6-14)16-8-9-21-18(20)23-16/h2-10H,1H3,(H,22,24)(H2,20,21,23). The fourth-order valence-electron chi connectivity index (χ4n) is 2.25. The van der Waals surface area contributed by atoms with Crippen molar-refractivity contribution in [2.24, 2.45) is 0 Å². The number of nitrogens with zero attached hydrogens (tertiary/aromatic N) is 2. The number of anilines is 2. The Morgan fingerprint density at radius 3 is 2.54 bits per heavy atom. The van der Waals surface area contributed by atoms with E-state index in [2.05, 4.69) is 15.3 Å². The number of rotatable bonds is 3. The molecule has 0 aliphatic heterocycles. The maximum Gasteiger partial charge on any atom is 0.255 e. The summed E-state index contributed by atoms with van der Waals surface area (Å²) in [5, 5.41) is 3.49. The molecule has 0 atom stereocenters. The molecule has 0 saturated carbocycles. The summed E-state index contributed by atoms with van der Waals surface area (Å²) in [5.74, 6) is 0.0387. The van der Waals surface area contributed by atoms with Crippen molar-refractivity contribution in [2.45, 2.75) is 6.92 Å². The van der Waals surface area contributed by atoms with Crippen LogP contribution in [-0.4, -0.2) is 15.9 Å². The molecule has 3 rings (SSSR count). The number of halogens is 1. The second kappa shape index (κ2) is 6.68. The lowest BCUT2D eigenvalue weighted by molar-refractivity contribution is 0.102. The molecule has 3 aromatic rings. The van der Waals surface area contributed by atoms with Crippen molar-refractivity contribution in [1.29, 1.82) is 0 Å². The second-order valence-electron chi connectivity index (χ2n) is 5.30. The van der Waals surface area contributed by atoms with Gasteiger partial charge in [0.1, 0.15) is 0 Å². The highest BCUT2D eigenvalue weighted by Crippen LogP contribution is 2.21. The fraction of sp³-hybridized carbons (Fsp3) is 0.0556. The van der Waals surface area contributed by atoms with Crippen molar-refractivity contribution in [1.82, 2.24) is 9.97 Å². The first kappa shape index (κ1) is 16.0. The summed E-state index contributed by atoms with van der Waals surface area (Å²) in [6.45, 7) is 1.86. The Bertz CT molecular complexity index is 894. The molecule has 6 heteroatoms. The molecule has 1 heterocycles. The maximum atomic E-state index is 12.3. The number of benzene rings is 2. The van der Waals surface area contributed by atoms with Crippen LogP contribution >= 0.6 is 11.6 Å². The molecule has 0 spiro atoms. The molecule has 24 heavy (non-hydrogen) atoms. The van der Waals surface area contributed by atoms with E-state index in [1.54, 1.807) is 30.5 Å². The predicted octanol–water partition coefficient (Wildman–Crippen LogP) is 3.94. The number of hydrogen-bond donors (Lipinski definition) is 2. The Hall–Kier alpha value is -2.92. The summed E-state index contributed by atoms with van der Waals surface area (Å²) in [7, 11) is 0. The van der Waals surface area contributed by atoms with Crippen LogP contribution in [0.1, 0.15) is 15.9 Å². The predicted molar refractivity (Wildman–Crippen MR) is 96.0 cm³/mol. The van der Waals surface area contributed by atoms with Gasteiger partial charge in [-0.1, -0.05) is 23.7 Å². The summed E-state index contributed by atoms with van der Waals surface area (Å²) in [6, 6.07) is 14.3. The van der Waals surface area contributed by atoms with Crippen LogP contribution in [-0.2, 0) is 0 Å². The smallest absolute Gasteiger partial charge is 0.255 e. The van der Waals surface area contributed by atoms with Crippen molar-refractivity contribution in [2.75, 3.05) is 11.1 Å². The van der Waals surface area contributed by atoms with Gasteiger partial charge in [-0.15, -0.1) is 0 Å². The van der Waals surface area contributed by atoms with Crippen molar-refractivity contribution in [3.05, 3.63) is 70.9 Å². The molecule has 120 valence electrons. The number of carbonyl (C=O) groups is 1. The van der Waals surface area contributed by atoms with E-state index in [0.29, 0.717) is 16.3 Å². The monoisotopic (exact) mass is 338 g/mol. The lowest BCUT2D eigenvalue weighted by Crippen LogP contribution is -2.11. The van der Waals surface area contributed by atoms with Gasteiger partial charge in [0.05, 0.1) is 5.69 Å². The van der Waals surface area contributed by atoms with Gasteiger partial charge in [0.2, 0.25) is 5.95 Å². The van der Waals surface area contributed by atoms with Crippen LogP contribution in [0.2, 0.25) is 5.02 Å². The lowest BCUT2D eigenvalue weighted by atomic mass is 10.1. The largest absolute Gasteiger partial charge is 0.368 e. The van der Waals surface area contributed by atoms with Crippen molar-refractivity contribution >= 4 is 29.1 Å². The summed E-state index contributed by atoms with van der Waals surface area (Å²) in [5.41, 5.74) is 9.33. The van der Waals surface area contributed by atoms with E-state index in [-0.39, 0.29) is 11.9 Å². The summed E-state index contributed by atoms with van der Waals surface area (Å²) in [6.07, 6.45) is 1.61. The number of carbonyl (C=O) groups excluding carboxylic acids is 1. The Balaban J connectivity index is 1.76. The van der Waals surface area contributed by atoms with Gasteiger partial charge in [0.15, 0.2) is 0 Å². The first-order valence-electron chi connectivity index (χ1n) is 7.29. The van der Waals surface area contributed by atoms with Crippen LogP contribution in [0.15, 0.2) is 54.7 Å². The third-order valence-electron chi connectivity index (χ3n) is 3.53. The van der Waals surface area contributed by atoms with Crippen LogP contribution < -0.4 is 11.1 Å². The molecular weight excluding hydrogens is 324 g/mol. The number of aryl methyl sites for hydroxylation is 1. The van der Waals surface area contributed by atoms with Gasteiger partial charge in [-0.25, -0.2) is 9.97 Å². The van der Waals surface area contributed by atoms with Gasteiger partial charge in [-0.2, -0.15) is 0 Å². The van der Waals surface area contributed by atoms with Crippen LogP contribution in [0.25, 0.3) is 11.3 Å². The minimum atomic E-state index is -0.186. The molecule has 5 nitrogen and oxygen atoms in total. The summed E-state index contributed by atoms with van der Waals surface area (Å²) in [4.78, 5) is 20.3. The molecule has 0 bridgehead atoms. The zero-order valence-corrected chi connectivity index (χ0v) is 13.7. The highest BCUT2D eigenvalue weighted by molar-refractivity contribution is 6.31. The Kier molecular flexibility index (Phi) is 4.44. The molecule has 0 aliphatic rings. The van der Waals surface area contributed by atoms with E-state index < -0.39 is 0 Å². The van der Waals surface area contributed by atoms with Gasteiger partial charge in [-0.3, -0.25) is 4.79 Å². The van der Waals surface area contributed by atoms with Gasteiger partial charge < -0.3 is 11.1 Å². The van der Waals surface area contributed by atoms with Crippen molar-refractivity contribution in [3.8, 4) is 11.3 Å². The first-order valence-corrected chi connectivity index (χ1v) is 7.67. The van der Waals surface area contributed by atoms with Crippen LogP contribution in [0.5, 0.6) is 0 Å². The second-order valence-corrected chi connectivity index (χ2v) is 5.70. The minimum Gasteiger partial charge on any atom is -0.368 e. The molecule has 0 radical (unpaired) electrons. The van der Waals surface area contributed by atoms with Gasteiger partial charge in [0.25, 0.3) is 5.91 Å². The molecule has 0 unspecified atom stereocenters. The van der Waals surface area contributed by atoms with E-state index in [4.69, 9.17) is 17.3 Å². The molecule has 0 saturated heterocycles. The number of aromatic nitrogens is 2. The number of amides is 1. The Labute approximate surface area is 144 Å². The van der Waals surface area contributed by atoms with E-state index in [1.807, 2.05) is 31.2 Å². The molecule has 1 amide bonds. The normalized spacial score (nSPS) is 10.4. The summed E-state index contributed by atoms with van der Waals surface area (Å²) < 4.78 is 0. The van der Waals surface area contributed by atoms with Crippen LogP contribution in [0, 0.1) is 6.92 Å². The lowest BCUT2D eigenvalue weighted by Gasteiger charge is -2.08. The average molecular weight is 339 g/mol. The quantitative estimate of drug-likeness (QED) is 0.758. The number of nitrogens with one attached hydrogen (secondary N) is 1. The minimum absolute atomic E-state index is 0.186. The van der Waals surface area contributed by atoms with Gasteiger partial charge in [-0.05, 0) is 48.9 Å². The third-order valence-corrected chi connectivity index (χ3v) is 3.96. The number of hydrogen-bond acceptors (Lipinski definition) is 4. The van der Waals surface area contributed by atoms with Crippen LogP contribution in [0.3, 0.4) is 0 Å². The molecule has 2 aromatic carbocycles. The highest BCUT2D eigenvalue weighted by atomic mass is 35.5. The first-order chi connectivity index (χ1) is 11.5. The van der Waals surface area contributed by atoms with Gasteiger partial charge >= 0.3 is 0 Å². The average Bonchev–Trinajstić information content (AvgIpc) is 2.58. The zero-order chi connectivity index (χ0) is 17.1. The Morgan fingerprint density at radius 2 is 1.88 bits per heavy atom. The van der Waals surface area contributed by atoms with E-state index in [1.165, 1.54) is 0 Å². The fourth-order valence-corrected chi connectivity index (χ4v) is 2.37. The van der Waals surface area contributed by atoms with E-state index >= 15 is 0 Å². The summed E-state index contributed by atoms with van der Waals surface area (Å²) >= 11 is 5.98. The molecular formula is C18H15ClN4O. The number of nitrogens with two attached hydrogens (primary N) is 1. The van der Waals surface area contributed by atoms with Crippen LogP contribution in [0.4, 0.5) is 11.6 Å². The highest BCUT2D eigenvalue weighted by Gasteiger charge is 2.08. The number of nitrogen functional groups attached to an aromatic ring is 1. The Morgan fingerprint density at radius 1 is 1.12 bits per heavy atom. The molecule has 0 fully saturated rings. The van der Waals surface area contributed by atoms with E-state index in [9.17, 15) is 4.79 Å². The SMILES string of the molecule is Cc1cc(C(=O)Nc2ccc(-c3ccnc(N)n3)cc2)ccc1Cl. The third kappa shape index (κ3) is 3.52. The van der Waals surface area contributed by atoms with Crippen molar-refractivity contribution < 1.29 is 4.79 Å². The maximum absolute atomic E-state index is 12.3. The molecule has 3 N–H and O–H groups in total. The molecule has 1 aromatic heterocycles. The van der Waals surface area contributed by atoms with Crippen molar-refractivity contribution in [3.63, 3.8) is 0 Å². The topological polar surface area (TPSA) is 80.9 Å². The van der Waals surface area contributed by atoms with E-state index in [0.717, 1.165) is 16.8 Å². The zero-order valence-electron chi connectivity index (χ0n) is 13.0. The van der Waals surface area contributed by atoms with Gasteiger partial charge in [0, 0.05) is 28.0 Å².